The van der Waals surface area contributed by atoms with Gasteiger partial charge in [-0.1, -0.05) is 35.5 Å². The Bertz CT molecular complexity index is 1810. The zero-order chi connectivity index (χ0) is 29.4. The predicted molar refractivity (Wildman–Crippen MR) is 148 cm³/mol. The SMILES string of the molecule is CC(=O)OC[C@@H]1O[C@@H](n2cc(CNc3c4ccccc4nc4c3oc3ccccc34)nn2)[C@@H](OC(C)=O)[C@H]1OC(C)=O. The first kappa shape index (κ1) is 27.1. The van der Waals surface area contributed by atoms with Crippen LogP contribution in [0.25, 0.3) is 33.0 Å². The number of carbonyl (C=O) groups excluding carboxylic acids is 3. The van der Waals surface area contributed by atoms with Crippen LogP contribution in [-0.2, 0) is 39.9 Å². The molecule has 1 saturated heterocycles. The maximum Gasteiger partial charge on any atom is 0.303 e. The van der Waals surface area contributed by atoms with Gasteiger partial charge in [0.1, 0.15) is 29.5 Å². The molecule has 5 aromatic rings. The smallest absolute Gasteiger partial charge is 0.303 e. The van der Waals surface area contributed by atoms with Gasteiger partial charge in [-0.25, -0.2) is 9.67 Å². The van der Waals surface area contributed by atoms with E-state index in [4.69, 9.17) is 28.3 Å². The number of carbonyl (C=O) groups is 3. The van der Waals surface area contributed by atoms with Gasteiger partial charge >= 0.3 is 17.9 Å². The molecule has 3 aromatic heterocycles. The van der Waals surface area contributed by atoms with Crippen LogP contribution in [0.5, 0.6) is 0 Å². The molecule has 0 spiro atoms. The largest absolute Gasteiger partial charge is 0.463 e. The fourth-order valence-electron chi connectivity index (χ4n) is 5.12. The number of rotatable bonds is 8. The third kappa shape index (κ3) is 5.21. The molecule has 0 radical (unpaired) electrons. The van der Waals surface area contributed by atoms with E-state index < -0.39 is 42.4 Å². The summed E-state index contributed by atoms with van der Waals surface area (Å²) >= 11 is 0. The van der Waals surface area contributed by atoms with Gasteiger partial charge in [-0.05, 0) is 18.2 Å². The molecule has 1 N–H and O–H groups in total. The van der Waals surface area contributed by atoms with E-state index in [1.54, 1.807) is 6.20 Å². The summed E-state index contributed by atoms with van der Waals surface area (Å²) in [5.74, 6) is -1.76. The number of benzene rings is 2. The number of nitrogens with one attached hydrogen (secondary N) is 1. The van der Waals surface area contributed by atoms with Crippen molar-refractivity contribution in [1.82, 2.24) is 20.0 Å². The molecule has 1 aliphatic heterocycles. The highest BCUT2D eigenvalue weighted by Crippen LogP contribution is 2.37. The Kier molecular flexibility index (Phi) is 7.17. The Labute approximate surface area is 238 Å². The third-order valence-corrected chi connectivity index (χ3v) is 6.81. The molecular weight excluding hydrogens is 546 g/mol. The minimum absolute atomic E-state index is 0.215. The second-order valence-electron chi connectivity index (χ2n) is 9.84. The molecule has 42 heavy (non-hydrogen) atoms. The summed E-state index contributed by atoms with van der Waals surface area (Å²) in [6.07, 6.45) is -2.36. The number of furan rings is 1. The van der Waals surface area contributed by atoms with Crippen molar-refractivity contribution >= 4 is 56.6 Å². The van der Waals surface area contributed by atoms with Crippen LogP contribution in [0.2, 0.25) is 0 Å². The molecule has 0 saturated carbocycles. The average molecular weight is 574 g/mol. The van der Waals surface area contributed by atoms with E-state index in [0.29, 0.717) is 11.3 Å². The monoisotopic (exact) mass is 573 g/mol. The fourth-order valence-corrected chi connectivity index (χ4v) is 5.12. The fraction of sp³-hybridized carbons (Fsp3) is 0.310. The summed E-state index contributed by atoms with van der Waals surface area (Å²) in [4.78, 5) is 40.1. The Morgan fingerprint density at radius 1 is 0.929 bits per heavy atom. The maximum atomic E-state index is 12.0. The summed E-state index contributed by atoms with van der Waals surface area (Å²) in [5.41, 5.74) is 4.19. The van der Waals surface area contributed by atoms with Crippen molar-refractivity contribution in [1.29, 1.82) is 0 Å². The molecule has 0 unspecified atom stereocenters. The first-order valence-electron chi connectivity index (χ1n) is 13.3. The predicted octanol–water partition coefficient (Wildman–Crippen LogP) is 3.66. The quantitative estimate of drug-likeness (QED) is 0.213. The highest BCUT2D eigenvalue weighted by molar-refractivity contribution is 6.13. The van der Waals surface area contributed by atoms with Gasteiger partial charge in [0.15, 0.2) is 24.0 Å². The second kappa shape index (κ2) is 11.1. The first-order valence-corrected chi connectivity index (χ1v) is 13.3. The van der Waals surface area contributed by atoms with Crippen molar-refractivity contribution in [2.75, 3.05) is 11.9 Å². The van der Waals surface area contributed by atoms with Gasteiger partial charge in [-0.3, -0.25) is 14.4 Å². The standard InChI is InChI=1S/C29H27N5O8/c1-15(35)38-14-23-26(39-16(2)36)28(40-17(3)37)29(42-23)34-13-18(32-33-34)12-30-24-19-8-4-6-10-21(19)31-25-20-9-5-7-11-22(20)41-27(24)25/h4-11,13,23,26,28-29H,12,14H2,1-3H3,(H,30,31)/t23-,26-,28-,29+/m0/s1. The molecule has 0 aliphatic carbocycles. The van der Waals surface area contributed by atoms with Crippen LogP contribution in [0.1, 0.15) is 32.7 Å². The summed E-state index contributed by atoms with van der Waals surface area (Å²) in [6, 6.07) is 15.5. The number of para-hydroxylation sites is 2. The number of anilines is 1. The summed E-state index contributed by atoms with van der Waals surface area (Å²) < 4.78 is 29.6. The van der Waals surface area contributed by atoms with Crippen molar-refractivity contribution in [3.8, 4) is 0 Å². The van der Waals surface area contributed by atoms with Crippen LogP contribution in [-0.4, -0.2) is 62.8 Å². The first-order chi connectivity index (χ1) is 20.3. The van der Waals surface area contributed by atoms with E-state index in [-0.39, 0.29) is 13.2 Å². The van der Waals surface area contributed by atoms with E-state index in [9.17, 15) is 14.4 Å². The topological polar surface area (TPSA) is 157 Å². The molecule has 1 aliphatic rings. The summed E-state index contributed by atoms with van der Waals surface area (Å²) in [7, 11) is 0. The van der Waals surface area contributed by atoms with Crippen LogP contribution < -0.4 is 5.32 Å². The van der Waals surface area contributed by atoms with Gasteiger partial charge in [-0.15, -0.1) is 5.10 Å². The van der Waals surface area contributed by atoms with Crippen molar-refractivity contribution in [3.05, 3.63) is 60.4 Å². The maximum absolute atomic E-state index is 12.0. The highest BCUT2D eigenvalue weighted by Gasteiger charge is 2.51. The van der Waals surface area contributed by atoms with Gasteiger partial charge in [0.05, 0.1) is 23.9 Å². The summed E-state index contributed by atoms with van der Waals surface area (Å²) in [5, 5.41) is 13.7. The molecule has 4 heterocycles. The molecule has 13 heteroatoms. The Morgan fingerprint density at radius 3 is 2.40 bits per heavy atom. The number of pyridine rings is 1. The van der Waals surface area contributed by atoms with E-state index in [1.807, 2.05) is 48.5 Å². The van der Waals surface area contributed by atoms with Gasteiger partial charge in [0.2, 0.25) is 0 Å². The molecule has 216 valence electrons. The number of hydrogen-bond acceptors (Lipinski definition) is 12. The molecular formula is C29H27N5O8. The zero-order valence-electron chi connectivity index (χ0n) is 23.0. The number of hydrogen-bond donors (Lipinski definition) is 1. The van der Waals surface area contributed by atoms with E-state index in [2.05, 4.69) is 15.6 Å². The molecule has 0 amide bonds. The molecule has 1 fully saturated rings. The van der Waals surface area contributed by atoms with Crippen LogP contribution in [0.15, 0.2) is 59.1 Å². The lowest BCUT2D eigenvalue weighted by Gasteiger charge is -2.23. The van der Waals surface area contributed by atoms with E-state index in [1.165, 1.54) is 25.5 Å². The summed E-state index contributed by atoms with van der Waals surface area (Å²) in [6.45, 7) is 3.75. The number of nitrogens with zero attached hydrogens (tertiary/aromatic N) is 4. The molecule has 13 nitrogen and oxygen atoms in total. The zero-order valence-corrected chi connectivity index (χ0v) is 23.0. The van der Waals surface area contributed by atoms with Crippen molar-refractivity contribution in [2.45, 2.75) is 51.9 Å². The number of fused-ring (bicyclic) bond motifs is 4. The van der Waals surface area contributed by atoms with Crippen molar-refractivity contribution < 1.29 is 37.7 Å². The van der Waals surface area contributed by atoms with Crippen LogP contribution >= 0.6 is 0 Å². The van der Waals surface area contributed by atoms with Gasteiger partial charge in [0, 0.05) is 31.5 Å². The van der Waals surface area contributed by atoms with Gasteiger partial charge in [-0.2, -0.15) is 0 Å². The molecule has 4 atom stereocenters. The lowest BCUT2D eigenvalue weighted by molar-refractivity contribution is -0.166. The Hall–Kier alpha value is -5.04. The Morgan fingerprint density at radius 2 is 1.64 bits per heavy atom. The highest BCUT2D eigenvalue weighted by atomic mass is 16.7. The molecule has 2 aromatic carbocycles. The number of aromatic nitrogens is 4. The van der Waals surface area contributed by atoms with E-state index in [0.717, 1.165) is 33.1 Å². The van der Waals surface area contributed by atoms with Crippen LogP contribution in [0.3, 0.4) is 0 Å². The second-order valence-corrected chi connectivity index (χ2v) is 9.84. The lowest BCUT2D eigenvalue weighted by atomic mass is 10.1. The van der Waals surface area contributed by atoms with Crippen LogP contribution in [0, 0.1) is 0 Å². The van der Waals surface area contributed by atoms with Crippen molar-refractivity contribution in [3.63, 3.8) is 0 Å². The minimum Gasteiger partial charge on any atom is -0.463 e. The third-order valence-electron chi connectivity index (χ3n) is 6.81. The van der Waals surface area contributed by atoms with Crippen LogP contribution in [0.4, 0.5) is 5.69 Å². The molecule has 6 rings (SSSR count). The van der Waals surface area contributed by atoms with Crippen molar-refractivity contribution in [2.24, 2.45) is 0 Å². The van der Waals surface area contributed by atoms with Gasteiger partial charge < -0.3 is 28.7 Å². The van der Waals surface area contributed by atoms with Gasteiger partial charge in [0.25, 0.3) is 0 Å². The normalized spacial score (nSPS) is 20.2. The number of ether oxygens (including phenoxy) is 4. The number of esters is 3. The minimum atomic E-state index is -1.06. The lowest BCUT2D eigenvalue weighted by Crippen LogP contribution is -2.40. The Balaban J connectivity index is 1.29. The average Bonchev–Trinajstić information content (AvgIpc) is 3.66. The molecule has 0 bridgehead atoms. The van der Waals surface area contributed by atoms with E-state index >= 15 is 0 Å².